The lowest BCUT2D eigenvalue weighted by atomic mass is 10.7. The predicted octanol–water partition coefficient (Wildman–Crippen LogP) is 1.40. The summed E-state index contributed by atoms with van der Waals surface area (Å²) in [6.07, 6.45) is 0. The minimum Gasteiger partial charge on any atom is -0.463 e. The Bertz CT molecular complexity index is 125. The molecule has 0 rings (SSSR count). The quantitative estimate of drug-likeness (QED) is 0.357. The Kier molecular flexibility index (Phi) is 16.3. The maximum Gasteiger partial charge on any atom is 0.302 e. The maximum absolute atomic E-state index is 10.3. The van der Waals surface area contributed by atoms with Gasteiger partial charge >= 0.3 is 5.97 Å². The van der Waals surface area contributed by atoms with Crippen molar-refractivity contribution in [1.29, 1.82) is 0 Å². The van der Waals surface area contributed by atoms with E-state index < -0.39 is 0 Å². The third-order valence-corrected chi connectivity index (χ3v) is 1.11. The zero-order chi connectivity index (χ0) is 11.2. The summed E-state index contributed by atoms with van der Waals surface area (Å²) in [7, 11) is 0. The molecule has 84 valence electrons. The van der Waals surface area contributed by atoms with Crippen LogP contribution in [0.2, 0.25) is 0 Å². The van der Waals surface area contributed by atoms with Crippen LogP contribution in [0.3, 0.4) is 0 Å². The van der Waals surface area contributed by atoms with E-state index in [-0.39, 0.29) is 5.97 Å². The summed E-state index contributed by atoms with van der Waals surface area (Å²) in [5.41, 5.74) is 0. The summed E-state index contributed by atoms with van der Waals surface area (Å²) in [6.45, 7) is 11.9. The minimum absolute atomic E-state index is 0.275. The molecule has 0 radical (unpaired) electrons. The SMILES string of the molecule is C=C.CCOCCOCCOC(C)=O. The molecule has 0 amide bonds. The van der Waals surface area contributed by atoms with Gasteiger partial charge < -0.3 is 14.2 Å². The van der Waals surface area contributed by atoms with E-state index in [0.29, 0.717) is 33.0 Å². The zero-order valence-electron chi connectivity index (χ0n) is 9.08. The highest BCUT2D eigenvalue weighted by Gasteiger charge is 1.92. The lowest BCUT2D eigenvalue weighted by Gasteiger charge is -2.03. The van der Waals surface area contributed by atoms with Gasteiger partial charge in [-0.3, -0.25) is 4.79 Å². The molecule has 14 heavy (non-hydrogen) atoms. The van der Waals surface area contributed by atoms with Crippen LogP contribution in [0.1, 0.15) is 13.8 Å². The summed E-state index contributed by atoms with van der Waals surface area (Å²) in [6, 6.07) is 0. The fraction of sp³-hybridized carbons (Fsp3) is 0.700. The monoisotopic (exact) mass is 204 g/mol. The van der Waals surface area contributed by atoms with Crippen molar-refractivity contribution in [1.82, 2.24) is 0 Å². The van der Waals surface area contributed by atoms with Crippen molar-refractivity contribution in [3.63, 3.8) is 0 Å². The number of hydrogen-bond acceptors (Lipinski definition) is 4. The summed E-state index contributed by atoms with van der Waals surface area (Å²) >= 11 is 0. The van der Waals surface area contributed by atoms with Crippen molar-refractivity contribution in [3.8, 4) is 0 Å². The van der Waals surface area contributed by atoms with E-state index in [1.165, 1.54) is 6.92 Å². The number of carbonyl (C=O) groups is 1. The van der Waals surface area contributed by atoms with E-state index in [4.69, 9.17) is 9.47 Å². The van der Waals surface area contributed by atoms with Gasteiger partial charge in [-0.25, -0.2) is 0 Å². The molecule has 4 nitrogen and oxygen atoms in total. The molecular weight excluding hydrogens is 184 g/mol. The van der Waals surface area contributed by atoms with Crippen LogP contribution in [0.25, 0.3) is 0 Å². The van der Waals surface area contributed by atoms with Gasteiger partial charge in [0.1, 0.15) is 6.61 Å². The van der Waals surface area contributed by atoms with Gasteiger partial charge in [0.05, 0.1) is 19.8 Å². The van der Waals surface area contributed by atoms with E-state index in [0.717, 1.165) is 0 Å². The molecule has 4 heteroatoms. The molecule has 0 saturated heterocycles. The molecule has 0 unspecified atom stereocenters. The molecule has 0 aliphatic carbocycles. The fourth-order valence-electron chi connectivity index (χ4n) is 0.609. The lowest BCUT2D eigenvalue weighted by molar-refractivity contribution is -0.142. The summed E-state index contributed by atoms with van der Waals surface area (Å²) in [5.74, 6) is -0.275. The van der Waals surface area contributed by atoms with Crippen molar-refractivity contribution in [2.24, 2.45) is 0 Å². The Balaban J connectivity index is 0. The van der Waals surface area contributed by atoms with Gasteiger partial charge in [-0.05, 0) is 6.92 Å². The largest absolute Gasteiger partial charge is 0.463 e. The first-order chi connectivity index (χ1) is 6.77. The Hall–Kier alpha value is -0.870. The van der Waals surface area contributed by atoms with Crippen LogP contribution in [0.5, 0.6) is 0 Å². The van der Waals surface area contributed by atoms with Crippen molar-refractivity contribution < 1.29 is 19.0 Å². The topological polar surface area (TPSA) is 44.8 Å². The Morgan fingerprint density at radius 2 is 1.57 bits per heavy atom. The zero-order valence-corrected chi connectivity index (χ0v) is 9.08. The molecule has 0 aliphatic rings. The van der Waals surface area contributed by atoms with Gasteiger partial charge in [0.25, 0.3) is 0 Å². The number of hydrogen-bond donors (Lipinski definition) is 0. The van der Waals surface area contributed by atoms with Crippen LogP contribution >= 0.6 is 0 Å². The number of rotatable bonds is 7. The smallest absolute Gasteiger partial charge is 0.302 e. The van der Waals surface area contributed by atoms with Crippen molar-refractivity contribution in [2.75, 3.05) is 33.0 Å². The normalized spacial score (nSPS) is 8.71. The third-order valence-electron chi connectivity index (χ3n) is 1.11. The summed E-state index contributed by atoms with van der Waals surface area (Å²) < 4.78 is 14.8. The first-order valence-corrected chi connectivity index (χ1v) is 4.56. The van der Waals surface area contributed by atoms with E-state index in [2.05, 4.69) is 17.9 Å². The van der Waals surface area contributed by atoms with Gasteiger partial charge in [-0.1, -0.05) is 0 Å². The first-order valence-electron chi connectivity index (χ1n) is 4.56. The van der Waals surface area contributed by atoms with E-state index >= 15 is 0 Å². The average Bonchev–Trinajstić information content (AvgIpc) is 2.19. The third kappa shape index (κ3) is 17.3. The van der Waals surface area contributed by atoms with Gasteiger partial charge in [-0.2, -0.15) is 0 Å². The summed E-state index contributed by atoms with van der Waals surface area (Å²) in [5, 5.41) is 0. The van der Waals surface area contributed by atoms with Crippen LogP contribution in [0, 0.1) is 0 Å². The molecule has 0 atom stereocenters. The molecule has 0 aromatic carbocycles. The average molecular weight is 204 g/mol. The second kappa shape index (κ2) is 14.6. The highest BCUT2D eigenvalue weighted by atomic mass is 16.6. The highest BCUT2D eigenvalue weighted by Crippen LogP contribution is 1.80. The standard InChI is InChI=1S/C8H16O4.C2H4/c1-3-10-4-5-11-6-7-12-8(2)9;1-2/h3-7H2,1-2H3;1-2H2. The summed E-state index contributed by atoms with van der Waals surface area (Å²) in [4.78, 5) is 10.3. The molecule has 0 saturated carbocycles. The van der Waals surface area contributed by atoms with Crippen molar-refractivity contribution >= 4 is 5.97 Å². The molecule has 0 aromatic rings. The van der Waals surface area contributed by atoms with Crippen molar-refractivity contribution in [3.05, 3.63) is 13.2 Å². The van der Waals surface area contributed by atoms with Gasteiger partial charge in [-0.15, -0.1) is 13.2 Å². The van der Waals surface area contributed by atoms with E-state index in [1.54, 1.807) is 0 Å². The number of esters is 1. The predicted molar refractivity (Wildman–Crippen MR) is 55.2 cm³/mol. The molecular formula is C10H20O4. The lowest BCUT2D eigenvalue weighted by Crippen LogP contribution is -2.10. The van der Waals surface area contributed by atoms with Crippen LogP contribution in [0.4, 0.5) is 0 Å². The molecule has 0 aliphatic heterocycles. The number of ether oxygens (including phenoxy) is 3. The molecule has 0 heterocycles. The minimum atomic E-state index is -0.275. The van der Waals surface area contributed by atoms with E-state index in [9.17, 15) is 4.79 Å². The second-order valence-corrected chi connectivity index (χ2v) is 2.15. The Labute approximate surface area is 85.8 Å². The molecule has 0 spiro atoms. The Morgan fingerprint density at radius 3 is 2.07 bits per heavy atom. The van der Waals surface area contributed by atoms with Gasteiger partial charge in [0, 0.05) is 13.5 Å². The van der Waals surface area contributed by atoms with Crippen LogP contribution in [-0.4, -0.2) is 39.0 Å². The van der Waals surface area contributed by atoms with Gasteiger partial charge in [0.2, 0.25) is 0 Å². The van der Waals surface area contributed by atoms with Gasteiger partial charge in [0.15, 0.2) is 0 Å². The maximum atomic E-state index is 10.3. The molecule has 0 N–H and O–H groups in total. The van der Waals surface area contributed by atoms with E-state index in [1.807, 2.05) is 6.92 Å². The molecule has 0 fully saturated rings. The highest BCUT2D eigenvalue weighted by molar-refractivity contribution is 5.65. The van der Waals surface area contributed by atoms with Crippen LogP contribution < -0.4 is 0 Å². The Morgan fingerprint density at radius 1 is 1.07 bits per heavy atom. The first kappa shape index (κ1) is 15.6. The van der Waals surface area contributed by atoms with Crippen LogP contribution in [-0.2, 0) is 19.0 Å². The fourth-order valence-corrected chi connectivity index (χ4v) is 0.609. The van der Waals surface area contributed by atoms with Crippen LogP contribution in [0.15, 0.2) is 13.2 Å². The second-order valence-electron chi connectivity index (χ2n) is 2.15. The molecule has 0 aromatic heterocycles. The van der Waals surface area contributed by atoms with Crippen molar-refractivity contribution in [2.45, 2.75) is 13.8 Å². The molecule has 0 bridgehead atoms. The number of carbonyl (C=O) groups excluding carboxylic acids is 1.